The molecule has 2 rings (SSSR count). The summed E-state index contributed by atoms with van der Waals surface area (Å²) in [5.41, 5.74) is 7.55. The van der Waals surface area contributed by atoms with Crippen LogP contribution in [0.3, 0.4) is 0 Å². The van der Waals surface area contributed by atoms with Crippen LogP contribution in [-0.2, 0) is 6.42 Å². The first kappa shape index (κ1) is 15.2. The van der Waals surface area contributed by atoms with Crippen molar-refractivity contribution >= 4 is 23.2 Å². The van der Waals surface area contributed by atoms with Crippen molar-refractivity contribution in [1.29, 1.82) is 0 Å². The summed E-state index contributed by atoms with van der Waals surface area (Å²) in [5.74, 6) is 2.13. The van der Waals surface area contributed by atoms with Crippen LogP contribution in [-0.4, -0.2) is 6.04 Å². The molecule has 2 N–H and O–H groups in total. The van der Waals surface area contributed by atoms with Crippen molar-refractivity contribution in [2.45, 2.75) is 45.6 Å². The van der Waals surface area contributed by atoms with E-state index in [4.69, 9.17) is 28.9 Å². The molecule has 0 aliphatic heterocycles. The van der Waals surface area contributed by atoms with E-state index in [1.54, 1.807) is 0 Å². The van der Waals surface area contributed by atoms with Gasteiger partial charge in [-0.25, -0.2) is 0 Å². The average molecular weight is 300 g/mol. The van der Waals surface area contributed by atoms with Gasteiger partial charge in [-0.15, -0.1) is 0 Å². The van der Waals surface area contributed by atoms with Gasteiger partial charge in [-0.1, -0.05) is 43.1 Å². The van der Waals surface area contributed by atoms with Crippen LogP contribution in [0.5, 0.6) is 0 Å². The Balaban J connectivity index is 2.05. The Hall–Kier alpha value is -0.240. The molecule has 1 aliphatic rings. The molecule has 1 aliphatic carbocycles. The van der Waals surface area contributed by atoms with Crippen LogP contribution in [0, 0.1) is 17.8 Å². The maximum absolute atomic E-state index is 6.30. The largest absolute Gasteiger partial charge is 0.327 e. The van der Waals surface area contributed by atoms with Crippen molar-refractivity contribution in [3.63, 3.8) is 0 Å². The first-order valence-corrected chi connectivity index (χ1v) is 7.92. The monoisotopic (exact) mass is 299 g/mol. The summed E-state index contributed by atoms with van der Waals surface area (Å²) in [6, 6.07) is 6.26. The quantitative estimate of drug-likeness (QED) is 0.841. The fourth-order valence-corrected chi connectivity index (χ4v) is 3.45. The lowest BCUT2D eigenvalue weighted by molar-refractivity contribution is 0.189. The minimum Gasteiger partial charge on any atom is -0.327 e. The maximum atomic E-state index is 6.30. The summed E-state index contributed by atoms with van der Waals surface area (Å²) in [5, 5.41) is 1.27. The van der Waals surface area contributed by atoms with Crippen LogP contribution in [0.2, 0.25) is 10.0 Å². The van der Waals surface area contributed by atoms with Crippen LogP contribution in [0.1, 0.15) is 38.7 Å². The third kappa shape index (κ3) is 3.87. The molecular formula is C16H23Cl2N. The van der Waals surface area contributed by atoms with Gasteiger partial charge in [0.2, 0.25) is 0 Å². The standard InChI is InChI=1S/C16H23Cl2N/c1-10(2)12-4-6-16(19)13(9-12)7-11-3-5-14(17)15(18)8-11/h3,5,8,10,12-13,16H,4,6-7,9,19H2,1-2H3. The third-order valence-corrected chi connectivity index (χ3v) is 5.25. The topological polar surface area (TPSA) is 26.0 Å². The van der Waals surface area contributed by atoms with Crippen molar-refractivity contribution in [2.75, 3.05) is 0 Å². The second kappa shape index (κ2) is 6.47. The molecular weight excluding hydrogens is 277 g/mol. The number of hydrogen-bond acceptors (Lipinski definition) is 1. The molecule has 0 bridgehead atoms. The molecule has 0 radical (unpaired) electrons. The summed E-state index contributed by atoms with van der Waals surface area (Å²) < 4.78 is 0. The smallest absolute Gasteiger partial charge is 0.0595 e. The van der Waals surface area contributed by atoms with Crippen molar-refractivity contribution in [2.24, 2.45) is 23.5 Å². The van der Waals surface area contributed by atoms with Crippen LogP contribution in [0.25, 0.3) is 0 Å². The highest BCUT2D eigenvalue weighted by Gasteiger charge is 2.29. The van der Waals surface area contributed by atoms with Gasteiger partial charge in [-0.2, -0.15) is 0 Å². The fraction of sp³-hybridized carbons (Fsp3) is 0.625. The van der Waals surface area contributed by atoms with E-state index in [9.17, 15) is 0 Å². The highest BCUT2D eigenvalue weighted by molar-refractivity contribution is 6.42. The Morgan fingerprint density at radius 3 is 2.58 bits per heavy atom. The molecule has 0 spiro atoms. The molecule has 1 fully saturated rings. The Kier molecular flexibility index (Phi) is 5.16. The zero-order chi connectivity index (χ0) is 14.0. The number of nitrogens with two attached hydrogens (primary N) is 1. The number of halogens is 2. The van der Waals surface area contributed by atoms with E-state index in [0.29, 0.717) is 22.0 Å². The lowest BCUT2D eigenvalue weighted by Gasteiger charge is -2.36. The zero-order valence-electron chi connectivity index (χ0n) is 11.7. The van der Waals surface area contributed by atoms with E-state index >= 15 is 0 Å². The van der Waals surface area contributed by atoms with Gasteiger partial charge in [-0.05, 0) is 61.1 Å². The molecule has 19 heavy (non-hydrogen) atoms. The molecule has 1 aromatic carbocycles. The molecule has 0 aromatic heterocycles. The summed E-state index contributed by atoms with van der Waals surface area (Å²) in [6.07, 6.45) is 4.67. The number of hydrogen-bond donors (Lipinski definition) is 1. The Labute approximate surface area is 126 Å². The van der Waals surface area contributed by atoms with Crippen molar-refractivity contribution in [1.82, 2.24) is 0 Å². The SMILES string of the molecule is CC(C)C1CCC(N)C(Cc2ccc(Cl)c(Cl)c2)C1. The van der Waals surface area contributed by atoms with Gasteiger partial charge in [0.05, 0.1) is 10.0 Å². The van der Waals surface area contributed by atoms with Crippen molar-refractivity contribution < 1.29 is 0 Å². The van der Waals surface area contributed by atoms with Crippen LogP contribution in [0.4, 0.5) is 0 Å². The second-order valence-corrected chi connectivity index (χ2v) is 7.01. The van der Waals surface area contributed by atoms with Gasteiger partial charge in [0.15, 0.2) is 0 Å². The van der Waals surface area contributed by atoms with E-state index in [1.165, 1.54) is 18.4 Å². The lowest BCUT2D eigenvalue weighted by Crippen LogP contribution is -2.38. The van der Waals surface area contributed by atoms with Gasteiger partial charge in [0, 0.05) is 6.04 Å². The van der Waals surface area contributed by atoms with E-state index in [2.05, 4.69) is 19.9 Å². The van der Waals surface area contributed by atoms with E-state index < -0.39 is 0 Å². The van der Waals surface area contributed by atoms with Gasteiger partial charge in [-0.3, -0.25) is 0 Å². The van der Waals surface area contributed by atoms with Crippen LogP contribution >= 0.6 is 23.2 Å². The molecule has 1 nitrogen and oxygen atoms in total. The molecule has 0 saturated heterocycles. The van der Waals surface area contributed by atoms with Crippen LogP contribution in [0.15, 0.2) is 18.2 Å². The summed E-state index contributed by atoms with van der Waals surface area (Å²) in [7, 11) is 0. The lowest BCUT2D eigenvalue weighted by atomic mass is 9.72. The maximum Gasteiger partial charge on any atom is 0.0595 e. The minimum atomic E-state index is 0.324. The number of rotatable bonds is 3. The Bertz CT molecular complexity index is 431. The molecule has 3 heteroatoms. The predicted molar refractivity (Wildman–Crippen MR) is 83.8 cm³/mol. The van der Waals surface area contributed by atoms with Gasteiger partial charge >= 0.3 is 0 Å². The highest BCUT2D eigenvalue weighted by atomic mass is 35.5. The Morgan fingerprint density at radius 2 is 1.95 bits per heavy atom. The van der Waals surface area contributed by atoms with E-state index in [-0.39, 0.29) is 0 Å². The van der Waals surface area contributed by atoms with Crippen molar-refractivity contribution in [3.8, 4) is 0 Å². The predicted octanol–water partition coefficient (Wildman–Crippen LogP) is 4.94. The summed E-state index contributed by atoms with van der Waals surface area (Å²) in [6.45, 7) is 4.63. The normalized spacial score (nSPS) is 27.8. The third-order valence-electron chi connectivity index (χ3n) is 4.51. The number of benzene rings is 1. The second-order valence-electron chi connectivity index (χ2n) is 6.19. The van der Waals surface area contributed by atoms with Crippen LogP contribution < -0.4 is 5.73 Å². The van der Waals surface area contributed by atoms with Gasteiger partial charge < -0.3 is 5.73 Å². The molecule has 3 atom stereocenters. The average Bonchev–Trinajstić information content (AvgIpc) is 2.36. The van der Waals surface area contributed by atoms with E-state index in [1.807, 2.05) is 12.1 Å². The molecule has 0 amide bonds. The van der Waals surface area contributed by atoms with Crippen molar-refractivity contribution in [3.05, 3.63) is 33.8 Å². The van der Waals surface area contributed by atoms with E-state index in [0.717, 1.165) is 24.7 Å². The Morgan fingerprint density at radius 1 is 1.21 bits per heavy atom. The minimum absolute atomic E-state index is 0.324. The zero-order valence-corrected chi connectivity index (χ0v) is 13.2. The molecule has 1 aromatic rings. The summed E-state index contributed by atoms with van der Waals surface area (Å²) in [4.78, 5) is 0. The van der Waals surface area contributed by atoms with Gasteiger partial charge in [0.25, 0.3) is 0 Å². The molecule has 3 unspecified atom stereocenters. The fourth-order valence-electron chi connectivity index (χ4n) is 3.13. The highest BCUT2D eigenvalue weighted by Crippen LogP contribution is 2.35. The summed E-state index contributed by atoms with van der Waals surface area (Å²) >= 11 is 12.0. The molecule has 106 valence electrons. The van der Waals surface area contributed by atoms with Gasteiger partial charge in [0.1, 0.15) is 0 Å². The molecule has 0 heterocycles. The first-order valence-electron chi connectivity index (χ1n) is 7.17. The molecule has 1 saturated carbocycles. The first-order chi connectivity index (χ1) is 8.97.